The molecule has 5 rings (SSSR count). The summed E-state index contributed by atoms with van der Waals surface area (Å²) >= 11 is 0. The van der Waals surface area contributed by atoms with Gasteiger partial charge in [-0.15, -0.1) is 0 Å². The highest BCUT2D eigenvalue weighted by molar-refractivity contribution is 7.89. The van der Waals surface area contributed by atoms with Crippen LogP contribution in [0.15, 0.2) is 41.3 Å². The number of aromatic nitrogens is 2. The Bertz CT molecular complexity index is 1600. The fourth-order valence-electron chi connectivity index (χ4n) is 5.30. The Balaban J connectivity index is 1.35. The van der Waals surface area contributed by atoms with E-state index in [-0.39, 0.29) is 23.5 Å². The summed E-state index contributed by atoms with van der Waals surface area (Å²) < 4.78 is 61.2. The second-order valence-corrected chi connectivity index (χ2v) is 12.4. The number of hydrogen-bond acceptors (Lipinski definition) is 7. The molecule has 1 atom stereocenters. The van der Waals surface area contributed by atoms with Crippen molar-refractivity contribution < 1.29 is 31.5 Å². The molecule has 0 saturated carbocycles. The summed E-state index contributed by atoms with van der Waals surface area (Å²) in [4.78, 5) is 24.9. The lowest BCUT2D eigenvalue weighted by molar-refractivity contribution is 0.0976. The number of carbonyl (C=O) groups excluding carboxylic acids is 2. The van der Waals surface area contributed by atoms with Crippen LogP contribution in [-0.2, 0) is 22.1 Å². The maximum absolute atomic E-state index is 13.8. The molecule has 11 nitrogen and oxygen atoms in total. The Hall–Kier alpha value is -3.88. The van der Waals surface area contributed by atoms with Crippen molar-refractivity contribution in [1.29, 1.82) is 0 Å². The number of nitrogens with zero attached hydrogens (tertiary/aromatic N) is 2. The Morgan fingerprint density at radius 3 is 2.56 bits per heavy atom. The van der Waals surface area contributed by atoms with Gasteiger partial charge in [0.15, 0.2) is 5.82 Å². The van der Waals surface area contributed by atoms with Crippen molar-refractivity contribution in [3.63, 3.8) is 0 Å². The monoisotopic (exact) mass is 588 g/mol. The van der Waals surface area contributed by atoms with Gasteiger partial charge in [-0.3, -0.25) is 14.7 Å². The minimum atomic E-state index is -4.35. The van der Waals surface area contributed by atoms with Crippen molar-refractivity contribution in [2.75, 3.05) is 18.5 Å². The molecular formula is C27H30F2N6O5S. The average molecular weight is 589 g/mol. The molecule has 0 radical (unpaired) electrons. The third-order valence-electron chi connectivity index (χ3n) is 7.46. The molecule has 3 aromatic rings. The van der Waals surface area contributed by atoms with Gasteiger partial charge in [-0.1, -0.05) is 0 Å². The molecule has 2 aliphatic heterocycles. The number of amides is 2. The van der Waals surface area contributed by atoms with E-state index in [0.717, 1.165) is 42.2 Å². The van der Waals surface area contributed by atoms with E-state index in [2.05, 4.69) is 20.8 Å². The summed E-state index contributed by atoms with van der Waals surface area (Å²) in [5.41, 5.74) is 5.05. The zero-order chi connectivity index (χ0) is 29.5. The first-order valence-electron chi connectivity index (χ1n) is 13.1. The Morgan fingerprint density at radius 1 is 1.17 bits per heavy atom. The zero-order valence-electron chi connectivity index (χ0n) is 22.5. The van der Waals surface area contributed by atoms with Gasteiger partial charge < -0.3 is 21.1 Å². The number of rotatable bonds is 9. The molecule has 0 spiro atoms. The highest BCUT2D eigenvalue weighted by Crippen LogP contribution is 2.44. The van der Waals surface area contributed by atoms with E-state index in [1.807, 2.05) is 0 Å². The van der Waals surface area contributed by atoms with Gasteiger partial charge in [-0.05, 0) is 70.0 Å². The third-order valence-corrected chi connectivity index (χ3v) is 9.46. The van der Waals surface area contributed by atoms with E-state index in [4.69, 9.17) is 10.5 Å². The van der Waals surface area contributed by atoms with Gasteiger partial charge in [0.05, 0.1) is 33.9 Å². The minimum absolute atomic E-state index is 0.0176. The number of anilines is 1. The second-order valence-electron chi connectivity index (χ2n) is 10.6. The second kappa shape index (κ2) is 10.8. The molecule has 1 saturated heterocycles. The maximum Gasteiger partial charge on any atom is 0.257 e. The first kappa shape index (κ1) is 28.6. The molecule has 41 heavy (non-hydrogen) atoms. The molecule has 2 aliphatic rings. The van der Waals surface area contributed by atoms with Gasteiger partial charge in [-0.2, -0.15) is 9.40 Å². The fourth-order valence-corrected chi connectivity index (χ4v) is 7.07. The van der Waals surface area contributed by atoms with Gasteiger partial charge in [-0.25, -0.2) is 17.2 Å². The smallest absolute Gasteiger partial charge is 0.257 e. The van der Waals surface area contributed by atoms with Crippen LogP contribution in [0.5, 0.6) is 5.75 Å². The van der Waals surface area contributed by atoms with Gasteiger partial charge in [0.2, 0.25) is 15.9 Å². The van der Waals surface area contributed by atoms with Gasteiger partial charge in [0.1, 0.15) is 17.4 Å². The van der Waals surface area contributed by atoms with Crippen molar-refractivity contribution >= 4 is 27.7 Å². The number of aromatic amines is 1. The van der Waals surface area contributed by atoms with Gasteiger partial charge in [0.25, 0.3) is 5.91 Å². The quantitative estimate of drug-likeness (QED) is 0.299. The van der Waals surface area contributed by atoms with Gasteiger partial charge >= 0.3 is 0 Å². The van der Waals surface area contributed by atoms with E-state index in [1.165, 1.54) is 12.1 Å². The summed E-state index contributed by atoms with van der Waals surface area (Å²) in [6, 6.07) is 6.85. The number of sulfonamides is 1. The number of carbonyl (C=O) groups is 2. The van der Waals surface area contributed by atoms with Gasteiger partial charge in [0, 0.05) is 24.2 Å². The number of fused-ring (bicyclic) bond motifs is 1. The predicted molar refractivity (Wildman–Crippen MR) is 145 cm³/mol. The standard InChI is InChI=1S/C27H30F2N6O5S/c1-27(2)23-22(14-35(27)41(38,39)19-11-15(28)10-16(29)12-19)25(34-33-23)32-26(37)20-6-5-18(13-21(20)24(30)36)40-9-7-17-4-3-8-31-17/h5-6,10-13,17,31H,3-4,7-9,14H2,1-2H3,(H2,30,36)(H2,32,33,34,37). The molecule has 2 amide bonds. The lowest BCUT2D eigenvalue weighted by atomic mass is 10.0. The lowest BCUT2D eigenvalue weighted by Crippen LogP contribution is -2.40. The number of hydrogen-bond donors (Lipinski definition) is 4. The highest BCUT2D eigenvalue weighted by atomic mass is 32.2. The van der Waals surface area contributed by atoms with Crippen LogP contribution < -0.4 is 21.1 Å². The van der Waals surface area contributed by atoms with Crippen LogP contribution in [0.3, 0.4) is 0 Å². The fraction of sp³-hybridized carbons (Fsp3) is 0.370. The topological polar surface area (TPSA) is 160 Å². The van der Waals surface area contributed by atoms with Crippen LogP contribution in [0.4, 0.5) is 14.6 Å². The number of primary amides is 1. The summed E-state index contributed by atoms with van der Waals surface area (Å²) in [5.74, 6) is -3.14. The zero-order valence-corrected chi connectivity index (χ0v) is 23.3. The van der Waals surface area contributed by atoms with Crippen LogP contribution in [-0.4, -0.2) is 53.9 Å². The molecule has 5 N–H and O–H groups in total. The van der Waals surface area contributed by atoms with Crippen molar-refractivity contribution in [2.45, 2.75) is 56.1 Å². The number of benzene rings is 2. The molecule has 1 aromatic heterocycles. The van der Waals surface area contributed by atoms with Crippen LogP contribution in [0, 0.1) is 11.6 Å². The number of halogens is 2. The van der Waals surface area contributed by atoms with Crippen molar-refractivity contribution in [2.24, 2.45) is 5.73 Å². The Labute approximate surface area is 235 Å². The number of nitrogens with one attached hydrogen (secondary N) is 3. The average Bonchev–Trinajstić information content (AvgIpc) is 3.62. The molecular weight excluding hydrogens is 558 g/mol. The van der Waals surface area contributed by atoms with Crippen molar-refractivity contribution in [3.05, 3.63) is 70.4 Å². The summed E-state index contributed by atoms with van der Waals surface area (Å²) in [6.45, 7) is 4.38. The van der Waals surface area contributed by atoms with Crippen LogP contribution >= 0.6 is 0 Å². The summed E-state index contributed by atoms with van der Waals surface area (Å²) in [5, 5.41) is 12.9. The van der Waals surface area contributed by atoms with Crippen molar-refractivity contribution in [3.8, 4) is 5.75 Å². The normalized spacial score (nSPS) is 18.3. The molecule has 218 valence electrons. The van der Waals surface area contributed by atoms with Crippen LogP contribution in [0.1, 0.15) is 65.1 Å². The Morgan fingerprint density at radius 2 is 1.90 bits per heavy atom. The molecule has 0 aliphatic carbocycles. The van der Waals surface area contributed by atoms with E-state index < -0.39 is 43.9 Å². The van der Waals surface area contributed by atoms with Crippen LogP contribution in [0.2, 0.25) is 0 Å². The summed E-state index contributed by atoms with van der Waals surface area (Å²) in [7, 11) is -4.35. The minimum Gasteiger partial charge on any atom is -0.494 e. The summed E-state index contributed by atoms with van der Waals surface area (Å²) in [6.07, 6.45) is 3.00. The van der Waals surface area contributed by atoms with E-state index >= 15 is 0 Å². The molecule has 1 fully saturated rings. The first-order valence-corrected chi connectivity index (χ1v) is 14.5. The van der Waals surface area contributed by atoms with Crippen LogP contribution in [0.25, 0.3) is 0 Å². The van der Waals surface area contributed by atoms with E-state index in [0.29, 0.717) is 35.7 Å². The maximum atomic E-state index is 13.8. The molecule has 14 heteroatoms. The SMILES string of the molecule is CC1(C)c2[nH]nc(NC(=O)c3ccc(OCCC4CCCN4)cc3C(N)=O)c2CN1S(=O)(=O)c1cc(F)cc(F)c1. The highest BCUT2D eigenvalue weighted by Gasteiger charge is 2.48. The number of H-pyrrole nitrogens is 1. The molecule has 0 bridgehead atoms. The molecule has 1 unspecified atom stereocenters. The largest absolute Gasteiger partial charge is 0.494 e. The number of ether oxygens (including phenoxy) is 1. The van der Waals surface area contributed by atoms with E-state index in [9.17, 15) is 26.8 Å². The van der Waals surface area contributed by atoms with E-state index in [1.54, 1.807) is 19.9 Å². The predicted octanol–water partition coefficient (Wildman–Crippen LogP) is 3.00. The molecule has 2 aromatic carbocycles. The first-order chi connectivity index (χ1) is 19.4. The molecule has 3 heterocycles. The number of nitrogens with two attached hydrogens (primary N) is 1. The third kappa shape index (κ3) is 5.54. The van der Waals surface area contributed by atoms with Crippen molar-refractivity contribution in [1.82, 2.24) is 19.8 Å². The Kier molecular flexibility index (Phi) is 7.57. The lowest BCUT2D eigenvalue weighted by Gasteiger charge is -2.30.